The maximum atomic E-state index is 12.1. The summed E-state index contributed by atoms with van der Waals surface area (Å²) in [6.45, 7) is 5.15. The molecule has 1 aliphatic rings. The number of benzene rings is 1. The fourth-order valence-electron chi connectivity index (χ4n) is 2.30. The van der Waals surface area contributed by atoms with Gasteiger partial charge in [0.15, 0.2) is 6.10 Å². The van der Waals surface area contributed by atoms with E-state index >= 15 is 0 Å². The van der Waals surface area contributed by atoms with Crippen LogP contribution in [0.4, 0.5) is 0 Å². The van der Waals surface area contributed by atoms with Crippen LogP contribution in [0.1, 0.15) is 38.4 Å². The maximum Gasteiger partial charge on any atom is 0.263 e. The Morgan fingerprint density at radius 3 is 2.63 bits per heavy atom. The standard InChI is InChI=1S/C15H21NO3/c1-11(17)13-6-5-7-14(10-13)19-12(2)15(18)16-8-3-4-9-16/h5-7,10-12,17H,3-4,8-9H2,1-2H3/t11-,12?/m1/s1. The molecule has 1 saturated heterocycles. The van der Waals surface area contributed by atoms with E-state index in [2.05, 4.69) is 0 Å². The molecule has 1 heterocycles. The number of aliphatic hydroxyl groups is 1. The average molecular weight is 263 g/mol. The Hall–Kier alpha value is -1.55. The fraction of sp³-hybridized carbons (Fsp3) is 0.533. The van der Waals surface area contributed by atoms with Gasteiger partial charge in [-0.1, -0.05) is 12.1 Å². The summed E-state index contributed by atoms with van der Waals surface area (Å²) in [4.78, 5) is 14.0. The van der Waals surface area contributed by atoms with E-state index in [1.807, 2.05) is 17.0 Å². The molecule has 1 aromatic carbocycles. The van der Waals surface area contributed by atoms with Gasteiger partial charge in [-0.3, -0.25) is 4.79 Å². The van der Waals surface area contributed by atoms with Crippen LogP contribution in [0.5, 0.6) is 5.75 Å². The highest BCUT2D eigenvalue weighted by molar-refractivity contribution is 5.81. The lowest BCUT2D eigenvalue weighted by Crippen LogP contribution is -2.38. The van der Waals surface area contributed by atoms with E-state index in [0.29, 0.717) is 5.75 Å². The number of nitrogens with zero attached hydrogens (tertiary/aromatic N) is 1. The van der Waals surface area contributed by atoms with E-state index in [1.165, 1.54) is 0 Å². The first-order valence-electron chi connectivity index (χ1n) is 6.81. The number of hydrogen-bond acceptors (Lipinski definition) is 3. The van der Waals surface area contributed by atoms with Gasteiger partial charge in [0.25, 0.3) is 5.91 Å². The number of rotatable bonds is 4. The number of carbonyl (C=O) groups is 1. The maximum absolute atomic E-state index is 12.1. The van der Waals surface area contributed by atoms with Crippen molar-refractivity contribution in [2.24, 2.45) is 0 Å². The number of hydrogen-bond donors (Lipinski definition) is 1. The van der Waals surface area contributed by atoms with E-state index in [4.69, 9.17) is 4.74 Å². The summed E-state index contributed by atoms with van der Waals surface area (Å²) in [6.07, 6.45) is 1.14. The molecule has 0 aliphatic carbocycles. The van der Waals surface area contributed by atoms with E-state index in [0.717, 1.165) is 31.5 Å². The zero-order valence-electron chi connectivity index (χ0n) is 11.5. The van der Waals surface area contributed by atoms with Gasteiger partial charge in [-0.25, -0.2) is 0 Å². The van der Waals surface area contributed by atoms with Crippen molar-refractivity contribution >= 4 is 5.91 Å². The van der Waals surface area contributed by atoms with Crippen molar-refractivity contribution in [3.05, 3.63) is 29.8 Å². The third-order valence-electron chi connectivity index (χ3n) is 3.42. The Labute approximate surface area is 114 Å². The van der Waals surface area contributed by atoms with Gasteiger partial charge in [-0.2, -0.15) is 0 Å². The van der Waals surface area contributed by atoms with Crippen molar-refractivity contribution in [3.8, 4) is 5.75 Å². The molecule has 19 heavy (non-hydrogen) atoms. The molecule has 0 radical (unpaired) electrons. The summed E-state index contributed by atoms with van der Waals surface area (Å²) in [5.41, 5.74) is 0.790. The molecule has 1 aliphatic heterocycles. The van der Waals surface area contributed by atoms with Gasteiger partial charge in [-0.15, -0.1) is 0 Å². The fourth-order valence-corrected chi connectivity index (χ4v) is 2.30. The molecule has 4 nitrogen and oxygen atoms in total. The minimum absolute atomic E-state index is 0.0416. The summed E-state index contributed by atoms with van der Waals surface area (Å²) in [6, 6.07) is 7.24. The van der Waals surface area contributed by atoms with Crippen molar-refractivity contribution in [3.63, 3.8) is 0 Å². The van der Waals surface area contributed by atoms with Crippen LogP contribution >= 0.6 is 0 Å². The molecular formula is C15H21NO3. The third-order valence-corrected chi connectivity index (χ3v) is 3.42. The smallest absolute Gasteiger partial charge is 0.263 e. The first kappa shape index (κ1) is 13.9. The minimum Gasteiger partial charge on any atom is -0.481 e. The molecule has 104 valence electrons. The molecule has 1 fully saturated rings. The number of aliphatic hydroxyl groups excluding tert-OH is 1. The Bertz CT molecular complexity index is 439. The number of amides is 1. The topological polar surface area (TPSA) is 49.8 Å². The first-order valence-corrected chi connectivity index (χ1v) is 6.81. The summed E-state index contributed by atoms with van der Waals surface area (Å²) >= 11 is 0. The minimum atomic E-state index is -0.534. The van der Waals surface area contributed by atoms with Crippen LogP contribution in [-0.4, -0.2) is 35.1 Å². The number of carbonyl (C=O) groups excluding carboxylic acids is 1. The van der Waals surface area contributed by atoms with Gasteiger partial charge < -0.3 is 14.7 Å². The molecule has 2 rings (SSSR count). The quantitative estimate of drug-likeness (QED) is 0.905. The van der Waals surface area contributed by atoms with Crippen LogP contribution in [-0.2, 0) is 4.79 Å². The van der Waals surface area contributed by atoms with Crippen LogP contribution in [0.3, 0.4) is 0 Å². The lowest BCUT2D eigenvalue weighted by atomic mass is 10.1. The molecule has 1 unspecified atom stereocenters. The van der Waals surface area contributed by atoms with Gasteiger partial charge in [-0.05, 0) is 44.4 Å². The monoisotopic (exact) mass is 263 g/mol. The van der Waals surface area contributed by atoms with Gasteiger partial charge in [0.05, 0.1) is 6.10 Å². The van der Waals surface area contributed by atoms with Crippen molar-refractivity contribution in [2.75, 3.05) is 13.1 Å². The van der Waals surface area contributed by atoms with Crippen LogP contribution in [0, 0.1) is 0 Å². The van der Waals surface area contributed by atoms with Gasteiger partial charge in [0, 0.05) is 13.1 Å². The van der Waals surface area contributed by atoms with Gasteiger partial charge in [0.2, 0.25) is 0 Å². The number of ether oxygens (including phenoxy) is 1. The lowest BCUT2D eigenvalue weighted by molar-refractivity contribution is -0.136. The van der Waals surface area contributed by atoms with Crippen LogP contribution in [0.25, 0.3) is 0 Å². The van der Waals surface area contributed by atoms with E-state index in [9.17, 15) is 9.90 Å². The van der Waals surface area contributed by atoms with Crippen molar-refractivity contribution in [2.45, 2.75) is 38.9 Å². The molecule has 1 N–H and O–H groups in total. The highest BCUT2D eigenvalue weighted by atomic mass is 16.5. The zero-order valence-corrected chi connectivity index (χ0v) is 11.5. The molecule has 1 aromatic rings. The molecule has 0 bridgehead atoms. The SMILES string of the molecule is CC(Oc1cccc([C@@H](C)O)c1)C(=O)N1CCCC1. The van der Waals surface area contributed by atoms with E-state index in [-0.39, 0.29) is 5.91 Å². The summed E-state index contributed by atoms with van der Waals surface area (Å²) in [7, 11) is 0. The van der Waals surface area contributed by atoms with Crippen LogP contribution in [0.15, 0.2) is 24.3 Å². The average Bonchev–Trinajstić information content (AvgIpc) is 2.92. The van der Waals surface area contributed by atoms with Crippen LogP contribution in [0.2, 0.25) is 0 Å². The normalized spacial score (nSPS) is 18.2. The van der Waals surface area contributed by atoms with Crippen molar-refractivity contribution in [1.82, 2.24) is 4.90 Å². The summed E-state index contributed by atoms with van der Waals surface area (Å²) < 4.78 is 5.68. The second kappa shape index (κ2) is 6.06. The van der Waals surface area contributed by atoms with E-state index in [1.54, 1.807) is 26.0 Å². The van der Waals surface area contributed by atoms with Gasteiger partial charge in [0.1, 0.15) is 5.75 Å². The van der Waals surface area contributed by atoms with Crippen molar-refractivity contribution < 1.29 is 14.6 Å². The van der Waals surface area contributed by atoms with Crippen LogP contribution < -0.4 is 4.74 Å². The molecule has 0 spiro atoms. The Morgan fingerprint density at radius 1 is 1.32 bits per heavy atom. The third kappa shape index (κ3) is 3.47. The zero-order chi connectivity index (χ0) is 13.8. The molecule has 4 heteroatoms. The first-order chi connectivity index (χ1) is 9.08. The Balaban J connectivity index is 1.99. The summed E-state index contributed by atoms with van der Waals surface area (Å²) in [5, 5.41) is 9.53. The second-order valence-electron chi connectivity index (χ2n) is 5.04. The van der Waals surface area contributed by atoms with Gasteiger partial charge >= 0.3 is 0 Å². The molecule has 0 aromatic heterocycles. The molecular weight excluding hydrogens is 242 g/mol. The highest BCUT2D eigenvalue weighted by Gasteiger charge is 2.24. The highest BCUT2D eigenvalue weighted by Crippen LogP contribution is 2.20. The number of likely N-dealkylation sites (tertiary alicyclic amines) is 1. The predicted molar refractivity (Wildman–Crippen MR) is 73.0 cm³/mol. The second-order valence-corrected chi connectivity index (χ2v) is 5.04. The summed E-state index contributed by atoms with van der Waals surface area (Å²) in [5.74, 6) is 0.665. The predicted octanol–water partition coefficient (Wildman–Crippen LogP) is 2.13. The molecule has 0 saturated carbocycles. The lowest BCUT2D eigenvalue weighted by Gasteiger charge is -2.21. The molecule has 1 amide bonds. The van der Waals surface area contributed by atoms with E-state index < -0.39 is 12.2 Å². The molecule has 2 atom stereocenters. The Kier molecular flexibility index (Phi) is 4.43. The van der Waals surface area contributed by atoms with Crippen molar-refractivity contribution in [1.29, 1.82) is 0 Å². The largest absolute Gasteiger partial charge is 0.481 e. The Morgan fingerprint density at radius 2 is 2.00 bits per heavy atom.